The van der Waals surface area contributed by atoms with Gasteiger partial charge in [0.25, 0.3) is 0 Å². The first-order chi connectivity index (χ1) is 9.02. The third kappa shape index (κ3) is 7.42. The van der Waals surface area contributed by atoms with Crippen molar-refractivity contribution in [1.29, 1.82) is 0 Å². The summed E-state index contributed by atoms with van der Waals surface area (Å²) in [4.78, 5) is 4.39. The number of aliphatic imine (C=N–C) groups is 1. The van der Waals surface area contributed by atoms with Crippen LogP contribution >= 0.6 is 39.9 Å². The smallest absolute Gasteiger partial charge is 0.191 e. The van der Waals surface area contributed by atoms with Crippen LogP contribution in [0.15, 0.2) is 27.7 Å². The molecule has 114 valence electrons. The summed E-state index contributed by atoms with van der Waals surface area (Å²) >= 11 is 3.34. The van der Waals surface area contributed by atoms with Gasteiger partial charge < -0.3 is 10.6 Å². The average Bonchev–Trinajstić information content (AvgIpc) is 2.36. The van der Waals surface area contributed by atoms with Gasteiger partial charge in [0.1, 0.15) is 5.82 Å². The Kier molecular flexibility index (Phi) is 10.2. The van der Waals surface area contributed by atoms with E-state index in [0.29, 0.717) is 18.0 Å². The van der Waals surface area contributed by atoms with Crippen LogP contribution in [0.2, 0.25) is 0 Å². The molecule has 0 aliphatic carbocycles. The standard InChI is InChI=1S/C14H21BrFN3.HI/c1-4-17-14(18-8-10(2)3)19-9-11-7-12(15)5-6-13(11)16;/h5-7,10H,4,8-9H2,1-3H3,(H2,17,18,19);1H. The van der Waals surface area contributed by atoms with E-state index in [1.54, 1.807) is 12.1 Å². The van der Waals surface area contributed by atoms with Gasteiger partial charge in [0.15, 0.2) is 5.96 Å². The van der Waals surface area contributed by atoms with Crippen LogP contribution < -0.4 is 10.6 Å². The van der Waals surface area contributed by atoms with Crippen molar-refractivity contribution in [2.45, 2.75) is 27.3 Å². The van der Waals surface area contributed by atoms with Crippen LogP contribution in [0.1, 0.15) is 26.3 Å². The highest BCUT2D eigenvalue weighted by atomic mass is 127. The number of halogens is 3. The maximum Gasteiger partial charge on any atom is 0.191 e. The lowest BCUT2D eigenvalue weighted by Gasteiger charge is -2.13. The van der Waals surface area contributed by atoms with Gasteiger partial charge >= 0.3 is 0 Å². The lowest BCUT2D eigenvalue weighted by Crippen LogP contribution is -2.39. The molecule has 0 bridgehead atoms. The predicted octanol–water partition coefficient (Wildman–Crippen LogP) is 3.92. The topological polar surface area (TPSA) is 36.4 Å². The molecule has 0 radical (unpaired) electrons. The molecule has 0 aromatic heterocycles. The molecular formula is C14H22BrFIN3. The summed E-state index contributed by atoms with van der Waals surface area (Å²) in [6.07, 6.45) is 0. The second kappa shape index (κ2) is 10.4. The Balaban J connectivity index is 0.00000361. The van der Waals surface area contributed by atoms with Gasteiger partial charge in [0.2, 0.25) is 0 Å². The minimum absolute atomic E-state index is 0. The van der Waals surface area contributed by atoms with Crippen molar-refractivity contribution >= 4 is 45.9 Å². The second-order valence-corrected chi connectivity index (χ2v) is 5.62. The molecule has 3 nitrogen and oxygen atoms in total. The number of nitrogens with zero attached hydrogens (tertiary/aromatic N) is 1. The van der Waals surface area contributed by atoms with Crippen molar-refractivity contribution in [2.24, 2.45) is 10.9 Å². The van der Waals surface area contributed by atoms with Crippen molar-refractivity contribution in [3.05, 3.63) is 34.1 Å². The van der Waals surface area contributed by atoms with Crippen LogP contribution in [-0.4, -0.2) is 19.0 Å². The number of hydrogen-bond donors (Lipinski definition) is 2. The molecular weight excluding hydrogens is 436 g/mol. The molecule has 0 unspecified atom stereocenters. The van der Waals surface area contributed by atoms with Gasteiger partial charge in [-0.15, -0.1) is 24.0 Å². The number of benzene rings is 1. The van der Waals surface area contributed by atoms with Crippen LogP contribution in [0, 0.1) is 11.7 Å². The zero-order chi connectivity index (χ0) is 14.3. The molecule has 1 rings (SSSR count). The Morgan fingerprint density at radius 3 is 2.65 bits per heavy atom. The Morgan fingerprint density at radius 2 is 2.05 bits per heavy atom. The fourth-order valence-corrected chi connectivity index (χ4v) is 1.88. The molecule has 0 atom stereocenters. The molecule has 0 saturated heterocycles. The van der Waals surface area contributed by atoms with E-state index in [9.17, 15) is 4.39 Å². The third-order valence-corrected chi connectivity index (χ3v) is 2.93. The van der Waals surface area contributed by atoms with E-state index in [-0.39, 0.29) is 29.8 Å². The predicted molar refractivity (Wildman–Crippen MR) is 97.2 cm³/mol. The lowest BCUT2D eigenvalue weighted by atomic mass is 10.2. The maximum absolute atomic E-state index is 13.6. The Hall–Kier alpha value is -0.370. The van der Waals surface area contributed by atoms with Gasteiger partial charge in [0.05, 0.1) is 6.54 Å². The van der Waals surface area contributed by atoms with Crippen LogP contribution in [0.3, 0.4) is 0 Å². The molecule has 0 fully saturated rings. The van der Waals surface area contributed by atoms with Gasteiger partial charge in [0, 0.05) is 23.1 Å². The van der Waals surface area contributed by atoms with Gasteiger partial charge in [-0.25, -0.2) is 9.38 Å². The van der Waals surface area contributed by atoms with Crippen molar-refractivity contribution in [3.8, 4) is 0 Å². The van der Waals surface area contributed by atoms with Gasteiger partial charge in [-0.3, -0.25) is 0 Å². The average molecular weight is 458 g/mol. The summed E-state index contributed by atoms with van der Waals surface area (Å²) in [5.41, 5.74) is 0.580. The minimum Gasteiger partial charge on any atom is -0.357 e. The van der Waals surface area contributed by atoms with E-state index in [1.165, 1.54) is 6.07 Å². The zero-order valence-corrected chi connectivity index (χ0v) is 16.0. The van der Waals surface area contributed by atoms with E-state index in [2.05, 4.69) is 45.4 Å². The SMILES string of the molecule is CCNC(=NCc1cc(Br)ccc1F)NCC(C)C.I. The largest absolute Gasteiger partial charge is 0.357 e. The van der Waals surface area contributed by atoms with E-state index in [4.69, 9.17) is 0 Å². The highest BCUT2D eigenvalue weighted by molar-refractivity contribution is 14.0. The summed E-state index contributed by atoms with van der Waals surface area (Å²) < 4.78 is 14.4. The first kappa shape index (κ1) is 19.6. The Labute approximate surface area is 146 Å². The quantitative estimate of drug-likeness (QED) is 0.399. The molecule has 1 aromatic carbocycles. The summed E-state index contributed by atoms with van der Waals surface area (Å²) in [7, 11) is 0. The fourth-order valence-electron chi connectivity index (χ4n) is 1.47. The molecule has 1 aromatic rings. The summed E-state index contributed by atoms with van der Waals surface area (Å²) in [6, 6.07) is 4.89. The molecule has 0 aliphatic heterocycles. The molecule has 20 heavy (non-hydrogen) atoms. The Morgan fingerprint density at radius 1 is 1.35 bits per heavy atom. The molecule has 0 spiro atoms. The number of nitrogens with one attached hydrogen (secondary N) is 2. The molecule has 0 heterocycles. The molecule has 0 saturated carbocycles. The third-order valence-electron chi connectivity index (χ3n) is 2.44. The number of guanidine groups is 1. The van der Waals surface area contributed by atoms with Crippen LogP contribution in [-0.2, 0) is 6.54 Å². The van der Waals surface area contributed by atoms with Gasteiger partial charge in [-0.1, -0.05) is 29.8 Å². The van der Waals surface area contributed by atoms with Gasteiger partial charge in [-0.2, -0.15) is 0 Å². The van der Waals surface area contributed by atoms with Crippen molar-refractivity contribution < 1.29 is 4.39 Å². The monoisotopic (exact) mass is 457 g/mol. The van der Waals surface area contributed by atoms with Crippen molar-refractivity contribution in [3.63, 3.8) is 0 Å². The number of hydrogen-bond acceptors (Lipinski definition) is 1. The minimum atomic E-state index is -0.230. The van der Waals surface area contributed by atoms with E-state index in [0.717, 1.165) is 23.5 Å². The highest BCUT2D eigenvalue weighted by Crippen LogP contribution is 2.16. The highest BCUT2D eigenvalue weighted by Gasteiger charge is 2.03. The molecule has 0 amide bonds. The van der Waals surface area contributed by atoms with E-state index in [1.807, 2.05) is 6.92 Å². The maximum atomic E-state index is 13.6. The molecule has 0 aliphatic rings. The summed E-state index contributed by atoms with van der Waals surface area (Å²) in [5, 5.41) is 6.38. The van der Waals surface area contributed by atoms with Crippen LogP contribution in [0.5, 0.6) is 0 Å². The zero-order valence-electron chi connectivity index (χ0n) is 12.0. The molecule has 2 N–H and O–H groups in total. The fraction of sp³-hybridized carbons (Fsp3) is 0.500. The second-order valence-electron chi connectivity index (χ2n) is 4.71. The van der Waals surface area contributed by atoms with E-state index >= 15 is 0 Å². The van der Waals surface area contributed by atoms with Crippen molar-refractivity contribution in [1.82, 2.24) is 10.6 Å². The summed E-state index contributed by atoms with van der Waals surface area (Å²) in [6.45, 7) is 8.21. The Bertz CT molecular complexity index is 438. The van der Waals surface area contributed by atoms with E-state index < -0.39 is 0 Å². The first-order valence-corrected chi connectivity index (χ1v) is 7.28. The number of rotatable bonds is 5. The summed E-state index contributed by atoms with van der Waals surface area (Å²) in [5.74, 6) is 1.02. The molecule has 6 heteroatoms. The lowest BCUT2D eigenvalue weighted by molar-refractivity contribution is 0.605. The van der Waals surface area contributed by atoms with Crippen molar-refractivity contribution in [2.75, 3.05) is 13.1 Å². The first-order valence-electron chi connectivity index (χ1n) is 6.49. The van der Waals surface area contributed by atoms with Gasteiger partial charge in [-0.05, 0) is 31.0 Å². The normalized spacial score (nSPS) is 11.2. The van der Waals surface area contributed by atoms with Crippen LogP contribution in [0.25, 0.3) is 0 Å². The van der Waals surface area contributed by atoms with Crippen LogP contribution in [0.4, 0.5) is 4.39 Å².